The lowest BCUT2D eigenvalue weighted by atomic mass is 10.1. The van der Waals surface area contributed by atoms with E-state index in [0.717, 1.165) is 0 Å². The first kappa shape index (κ1) is 20.4. The smallest absolute Gasteiger partial charge is 0.435 e. The summed E-state index contributed by atoms with van der Waals surface area (Å²) in [4.78, 5) is 27.3. The largest absolute Gasteiger partial charge is 0.513 e. The van der Waals surface area contributed by atoms with E-state index in [1.54, 1.807) is 27.0 Å². The number of pyridine rings is 1. The molecule has 0 amide bonds. The number of rotatable bonds is 7. The van der Waals surface area contributed by atoms with Gasteiger partial charge in [-0.25, -0.2) is 9.59 Å². The van der Waals surface area contributed by atoms with Crippen molar-refractivity contribution in [2.45, 2.75) is 33.9 Å². The molecule has 25 heavy (non-hydrogen) atoms. The first-order chi connectivity index (χ1) is 11.9. The second kappa shape index (κ2) is 10.3. The average molecular weight is 371 g/mol. The second-order valence-corrected chi connectivity index (χ2v) is 5.09. The van der Waals surface area contributed by atoms with Crippen molar-refractivity contribution in [2.75, 3.05) is 13.2 Å². The van der Waals surface area contributed by atoms with Crippen LogP contribution in [0.25, 0.3) is 0 Å². The molecule has 0 fully saturated rings. The Morgan fingerprint density at radius 1 is 1.20 bits per heavy atom. The van der Waals surface area contributed by atoms with Gasteiger partial charge < -0.3 is 30.0 Å². The van der Waals surface area contributed by atoms with E-state index in [9.17, 15) is 9.59 Å². The zero-order chi connectivity index (χ0) is 18.8. The van der Waals surface area contributed by atoms with Crippen LogP contribution in [0.15, 0.2) is 6.20 Å². The molecule has 1 heterocycles. The van der Waals surface area contributed by atoms with Gasteiger partial charge in [0.2, 0.25) is 0 Å². The van der Waals surface area contributed by atoms with Gasteiger partial charge in [-0.2, -0.15) is 0 Å². The number of nitrogens with zero attached hydrogens (tertiary/aromatic N) is 1. The van der Waals surface area contributed by atoms with Gasteiger partial charge in [0, 0.05) is 18.3 Å². The summed E-state index contributed by atoms with van der Waals surface area (Å²) in [5, 5.41) is 2.85. The molecule has 10 heteroatoms. The summed E-state index contributed by atoms with van der Waals surface area (Å²) < 4.78 is 19.8. The molecule has 9 nitrogen and oxygen atoms in total. The molecule has 0 saturated carbocycles. The molecule has 1 aromatic heterocycles. The van der Waals surface area contributed by atoms with Gasteiger partial charge in [-0.15, -0.1) is 0 Å². The maximum atomic E-state index is 11.7. The molecule has 1 aromatic rings. The summed E-state index contributed by atoms with van der Waals surface area (Å²) in [6.07, 6.45) is -0.181. The van der Waals surface area contributed by atoms with Crippen molar-refractivity contribution >= 4 is 29.6 Å². The van der Waals surface area contributed by atoms with E-state index in [0.29, 0.717) is 16.8 Å². The number of nitrogens with two attached hydrogens (primary N) is 1. The Morgan fingerprint density at radius 2 is 1.84 bits per heavy atom. The highest BCUT2D eigenvalue weighted by Gasteiger charge is 2.19. The van der Waals surface area contributed by atoms with Gasteiger partial charge in [-0.3, -0.25) is 4.98 Å². The molecular formula is C15H21N3O6S. The Labute approximate surface area is 150 Å². The Balaban J connectivity index is 3.12. The molecule has 0 atom stereocenters. The first-order valence-corrected chi connectivity index (χ1v) is 7.94. The van der Waals surface area contributed by atoms with Gasteiger partial charge in [0.25, 0.3) is 0 Å². The number of nitrogens with one attached hydrogen (secondary N) is 1. The fraction of sp³-hybridized carbons (Fsp3) is 0.467. The van der Waals surface area contributed by atoms with E-state index in [2.05, 4.69) is 10.3 Å². The monoisotopic (exact) mass is 371 g/mol. The van der Waals surface area contributed by atoms with Gasteiger partial charge >= 0.3 is 12.3 Å². The molecular weight excluding hydrogens is 350 g/mol. The highest BCUT2D eigenvalue weighted by molar-refractivity contribution is 7.80. The van der Waals surface area contributed by atoms with Crippen molar-refractivity contribution in [3.05, 3.63) is 23.0 Å². The van der Waals surface area contributed by atoms with Crippen molar-refractivity contribution in [1.29, 1.82) is 0 Å². The number of aryl methyl sites for hydroxylation is 1. The molecule has 0 aliphatic carbocycles. The lowest BCUT2D eigenvalue weighted by Gasteiger charge is -2.16. The molecule has 0 unspecified atom stereocenters. The van der Waals surface area contributed by atoms with Crippen LogP contribution in [0.4, 0.5) is 9.59 Å². The minimum atomic E-state index is -0.885. The predicted octanol–water partition coefficient (Wildman–Crippen LogP) is 1.93. The summed E-state index contributed by atoms with van der Waals surface area (Å²) in [7, 11) is 0. The second-order valence-electron chi connectivity index (χ2n) is 4.65. The van der Waals surface area contributed by atoms with Crippen LogP contribution in [-0.4, -0.2) is 35.6 Å². The zero-order valence-corrected chi connectivity index (χ0v) is 15.1. The third kappa shape index (κ3) is 6.79. The van der Waals surface area contributed by atoms with Crippen LogP contribution in [0.3, 0.4) is 0 Å². The van der Waals surface area contributed by atoms with Gasteiger partial charge in [0.1, 0.15) is 6.61 Å². The molecule has 3 N–H and O–H groups in total. The maximum Gasteiger partial charge on any atom is 0.513 e. The van der Waals surface area contributed by atoms with E-state index >= 15 is 0 Å². The third-order valence-corrected chi connectivity index (χ3v) is 3.05. The fourth-order valence-corrected chi connectivity index (χ4v) is 1.90. The highest BCUT2D eigenvalue weighted by Crippen LogP contribution is 2.27. The molecule has 0 bridgehead atoms. The quantitative estimate of drug-likeness (QED) is 0.543. The molecule has 0 aromatic carbocycles. The Kier molecular flexibility index (Phi) is 8.40. The predicted molar refractivity (Wildman–Crippen MR) is 92.1 cm³/mol. The number of hydrogen-bond acceptors (Lipinski definition) is 8. The molecule has 1 rings (SSSR count). The maximum absolute atomic E-state index is 11.7. The van der Waals surface area contributed by atoms with E-state index < -0.39 is 12.3 Å². The van der Waals surface area contributed by atoms with Gasteiger partial charge in [-0.05, 0) is 38.6 Å². The van der Waals surface area contributed by atoms with Crippen molar-refractivity contribution < 1.29 is 28.5 Å². The van der Waals surface area contributed by atoms with E-state index in [4.69, 9.17) is 36.9 Å². The SMILES string of the molecule is CCOC(=O)OCc1c(CNC(N)=S)cnc(C)c1OC(=O)OCC. The topological polar surface area (TPSA) is 122 Å². The van der Waals surface area contributed by atoms with Crippen LogP contribution in [0, 0.1) is 6.92 Å². The van der Waals surface area contributed by atoms with Crippen LogP contribution in [0.2, 0.25) is 0 Å². The molecule has 0 saturated heterocycles. The molecule has 0 radical (unpaired) electrons. The van der Waals surface area contributed by atoms with Gasteiger partial charge in [0.15, 0.2) is 10.9 Å². The average Bonchev–Trinajstić information content (AvgIpc) is 2.54. The van der Waals surface area contributed by atoms with Gasteiger partial charge in [0.05, 0.1) is 18.9 Å². The van der Waals surface area contributed by atoms with Crippen LogP contribution in [0.5, 0.6) is 5.75 Å². The van der Waals surface area contributed by atoms with Crippen molar-refractivity contribution in [2.24, 2.45) is 5.73 Å². The van der Waals surface area contributed by atoms with E-state index in [1.165, 1.54) is 0 Å². The van der Waals surface area contributed by atoms with Crippen LogP contribution < -0.4 is 15.8 Å². The van der Waals surface area contributed by atoms with Crippen LogP contribution in [-0.2, 0) is 27.4 Å². The summed E-state index contributed by atoms with van der Waals surface area (Å²) >= 11 is 4.78. The van der Waals surface area contributed by atoms with Crippen molar-refractivity contribution in [1.82, 2.24) is 10.3 Å². The number of hydrogen-bond donors (Lipinski definition) is 2. The van der Waals surface area contributed by atoms with E-state index in [1.807, 2.05) is 0 Å². The molecule has 0 aliphatic heterocycles. The summed E-state index contributed by atoms with van der Waals surface area (Å²) in [5.74, 6) is 0.144. The summed E-state index contributed by atoms with van der Waals surface area (Å²) in [6.45, 7) is 5.31. The number of thiocarbonyl (C=S) groups is 1. The first-order valence-electron chi connectivity index (χ1n) is 7.53. The molecule has 138 valence electrons. The molecule has 0 spiro atoms. The third-order valence-electron chi connectivity index (χ3n) is 2.90. The van der Waals surface area contributed by atoms with Gasteiger partial charge in [-0.1, -0.05) is 0 Å². The van der Waals surface area contributed by atoms with Crippen LogP contribution in [0.1, 0.15) is 30.7 Å². The number of ether oxygens (including phenoxy) is 4. The number of aromatic nitrogens is 1. The lowest BCUT2D eigenvalue weighted by molar-refractivity contribution is 0.0526. The Morgan fingerprint density at radius 3 is 2.44 bits per heavy atom. The summed E-state index contributed by atoms with van der Waals surface area (Å²) in [6, 6.07) is 0. The normalized spacial score (nSPS) is 9.88. The lowest BCUT2D eigenvalue weighted by Crippen LogP contribution is -2.29. The minimum absolute atomic E-state index is 0.0886. The Hall–Kier alpha value is -2.62. The summed E-state index contributed by atoms with van der Waals surface area (Å²) in [5.41, 5.74) is 6.87. The van der Waals surface area contributed by atoms with Crippen LogP contribution >= 0.6 is 12.2 Å². The molecule has 0 aliphatic rings. The van der Waals surface area contributed by atoms with Crippen molar-refractivity contribution in [3.63, 3.8) is 0 Å². The zero-order valence-electron chi connectivity index (χ0n) is 14.3. The van der Waals surface area contributed by atoms with Crippen molar-refractivity contribution in [3.8, 4) is 5.75 Å². The number of carbonyl (C=O) groups excluding carboxylic acids is 2. The Bertz CT molecular complexity index is 638. The van der Waals surface area contributed by atoms with E-state index in [-0.39, 0.29) is 37.2 Å². The number of carbonyl (C=O) groups is 2. The minimum Gasteiger partial charge on any atom is -0.435 e. The standard InChI is InChI=1S/C15H21N3O6S/c1-4-21-14(19)23-8-11-10(7-18-13(16)25)6-17-9(3)12(11)24-15(20)22-5-2/h6H,4-5,7-8H2,1-3H3,(H3,16,18,25). The fourth-order valence-electron chi connectivity index (χ4n) is 1.83. The highest BCUT2D eigenvalue weighted by atomic mass is 32.1.